The highest BCUT2D eigenvalue weighted by molar-refractivity contribution is 6.43. The Morgan fingerprint density at radius 1 is 1.44 bits per heavy atom. The van der Waals surface area contributed by atoms with Crippen LogP contribution in [0.3, 0.4) is 0 Å². The minimum atomic E-state index is 0.171. The summed E-state index contributed by atoms with van der Waals surface area (Å²) in [6.07, 6.45) is 0. The van der Waals surface area contributed by atoms with E-state index in [1.165, 1.54) is 0 Å². The number of hydrogen-bond acceptors (Lipinski definition) is 3. The van der Waals surface area contributed by atoms with Gasteiger partial charge in [0.15, 0.2) is 0 Å². The molecule has 0 saturated carbocycles. The predicted molar refractivity (Wildman–Crippen MR) is 67.5 cm³/mol. The first kappa shape index (κ1) is 12.0. The molecule has 0 aromatic heterocycles. The van der Waals surface area contributed by atoms with Crippen LogP contribution in [0.5, 0.6) is 0 Å². The van der Waals surface area contributed by atoms with E-state index in [2.05, 4.69) is 4.90 Å². The minimum absolute atomic E-state index is 0.171. The second-order valence-corrected chi connectivity index (χ2v) is 4.52. The van der Waals surface area contributed by atoms with E-state index in [1.54, 1.807) is 6.07 Å². The zero-order valence-electron chi connectivity index (χ0n) is 8.83. The van der Waals surface area contributed by atoms with E-state index in [1.807, 2.05) is 12.1 Å². The summed E-state index contributed by atoms with van der Waals surface area (Å²) in [5.74, 6) is 0. The fourth-order valence-corrected chi connectivity index (χ4v) is 2.29. The summed E-state index contributed by atoms with van der Waals surface area (Å²) in [4.78, 5) is 2.16. The van der Waals surface area contributed by atoms with Crippen molar-refractivity contribution in [1.29, 1.82) is 0 Å². The fraction of sp³-hybridized carbons (Fsp3) is 0.455. The van der Waals surface area contributed by atoms with Crippen molar-refractivity contribution in [3.63, 3.8) is 0 Å². The second kappa shape index (κ2) is 5.23. The van der Waals surface area contributed by atoms with Gasteiger partial charge < -0.3 is 15.4 Å². The minimum Gasteiger partial charge on any atom is -0.377 e. The molecule has 0 spiro atoms. The van der Waals surface area contributed by atoms with E-state index in [0.29, 0.717) is 29.8 Å². The molecule has 3 nitrogen and oxygen atoms in total. The van der Waals surface area contributed by atoms with Crippen LogP contribution in [0.2, 0.25) is 10.0 Å². The number of ether oxygens (including phenoxy) is 1. The maximum atomic E-state index is 6.19. The van der Waals surface area contributed by atoms with Crippen molar-refractivity contribution in [2.75, 3.05) is 31.2 Å². The van der Waals surface area contributed by atoms with Gasteiger partial charge in [0.25, 0.3) is 0 Å². The first-order chi connectivity index (χ1) is 7.74. The zero-order chi connectivity index (χ0) is 11.5. The van der Waals surface area contributed by atoms with Crippen molar-refractivity contribution in [2.24, 2.45) is 5.73 Å². The fourth-order valence-electron chi connectivity index (χ4n) is 1.88. The van der Waals surface area contributed by atoms with Gasteiger partial charge in [0.05, 0.1) is 35.0 Å². The van der Waals surface area contributed by atoms with Crippen molar-refractivity contribution >= 4 is 28.9 Å². The third-order valence-corrected chi connectivity index (χ3v) is 3.55. The van der Waals surface area contributed by atoms with E-state index in [9.17, 15) is 0 Å². The highest BCUT2D eigenvalue weighted by Crippen LogP contribution is 2.33. The van der Waals surface area contributed by atoms with Crippen LogP contribution in [0.25, 0.3) is 0 Å². The summed E-state index contributed by atoms with van der Waals surface area (Å²) in [5, 5.41) is 1.16. The summed E-state index contributed by atoms with van der Waals surface area (Å²) >= 11 is 12.2. The van der Waals surface area contributed by atoms with Gasteiger partial charge in [-0.05, 0) is 12.1 Å². The lowest BCUT2D eigenvalue weighted by Crippen LogP contribution is -2.49. The van der Waals surface area contributed by atoms with Crippen LogP contribution in [-0.4, -0.2) is 32.3 Å². The van der Waals surface area contributed by atoms with Crippen molar-refractivity contribution < 1.29 is 4.74 Å². The summed E-state index contributed by atoms with van der Waals surface area (Å²) in [6, 6.07) is 5.81. The van der Waals surface area contributed by atoms with Crippen LogP contribution < -0.4 is 10.6 Å². The predicted octanol–water partition coefficient (Wildman–Crippen LogP) is 2.16. The molecule has 1 atom stereocenters. The molecule has 1 unspecified atom stereocenters. The SMILES string of the molecule is NCC1COCCN1c1cccc(Cl)c1Cl. The molecule has 5 heteroatoms. The Balaban J connectivity index is 2.30. The molecule has 0 amide bonds. The third kappa shape index (κ3) is 2.28. The number of halogens is 2. The van der Waals surface area contributed by atoms with Gasteiger partial charge >= 0.3 is 0 Å². The van der Waals surface area contributed by atoms with Crippen molar-refractivity contribution in [2.45, 2.75) is 6.04 Å². The van der Waals surface area contributed by atoms with Crippen LogP contribution in [0.4, 0.5) is 5.69 Å². The first-order valence-electron chi connectivity index (χ1n) is 5.22. The summed E-state index contributed by atoms with van der Waals surface area (Å²) in [5.41, 5.74) is 6.66. The summed E-state index contributed by atoms with van der Waals surface area (Å²) in [6.45, 7) is 2.67. The molecule has 0 bridgehead atoms. The molecule has 2 rings (SSSR count). The Morgan fingerprint density at radius 2 is 2.25 bits per heavy atom. The van der Waals surface area contributed by atoms with Crippen LogP contribution in [0.15, 0.2) is 18.2 Å². The molecule has 0 radical (unpaired) electrons. The molecule has 16 heavy (non-hydrogen) atoms. The van der Waals surface area contributed by atoms with Crippen molar-refractivity contribution in [1.82, 2.24) is 0 Å². The van der Waals surface area contributed by atoms with E-state index in [4.69, 9.17) is 33.7 Å². The molecule has 1 saturated heterocycles. The van der Waals surface area contributed by atoms with Crippen molar-refractivity contribution in [3.05, 3.63) is 28.2 Å². The van der Waals surface area contributed by atoms with Gasteiger partial charge in [-0.1, -0.05) is 29.3 Å². The van der Waals surface area contributed by atoms with Gasteiger partial charge in [-0.3, -0.25) is 0 Å². The molecule has 1 heterocycles. The molecule has 1 aromatic carbocycles. The standard InChI is InChI=1S/C11H14Cl2N2O/c12-9-2-1-3-10(11(9)13)15-4-5-16-7-8(15)6-14/h1-3,8H,4-7,14H2. The number of nitrogens with two attached hydrogens (primary N) is 1. The van der Waals surface area contributed by atoms with Gasteiger partial charge in [0.2, 0.25) is 0 Å². The first-order valence-corrected chi connectivity index (χ1v) is 5.98. The Labute approximate surface area is 105 Å². The molecule has 1 aliphatic heterocycles. The average Bonchev–Trinajstić information content (AvgIpc) is 2.33. The maximum absolute atomic E-state index is 6.19. The lowest BCUT2D eigenvalue weighted by Gasteiger charge is -2.37. The normalized spacial score (nSPS) is 21.2. The van der Waals surface area contributed by atoms with Gasteiger partial charge in [0, 0.05) is 13.1 Å². The number of nitrogens with zero attached hydrogens (tertiary/aromatic N) is 1. The molecule has 88 valence electrons. The van der Waals surface area contributed by atoms with Gasteiger partial charge in [-0.2, -0.15) is 0 Å². The third-order valence-electron chi connectivity index (χ3n) is 2.74. The Kier molecular flexibility index (Phi) is 3.92. The van der Waals surface area contributed by atoms with Crippen LogP contribution in [0.1, 0.15) is 0 Å². The largest absolute Gasteiger partial charge is 0.377 e. The van der Waals surface area contributed by atoms with E-state index >= 15 is 0 Å². The topological polar surface area (TPSA) is 38.5 Å². The number of benzene rings is 1. The van der Waals surface area contributed by atoms with E-state index in [-0.39, 0.29) is 6.04 Å². The number of rotatable bonds is 2. The van der Waals surface area contributed by atoms with Crippen LogP contribution in [0, 0.1) is 0 Å². The van der Waals surface area contributed by atoms with E-state index < -0.39 is 0 Å². The monoisotopic (exact) mass is 260 g/mol. The Bertz CT molecular complexity index is 373. The Morgan fingerprint density at radius 3 is 3.00 bits per heavy atom. The summed E-state index contributed by atoms with van der Waals surface area (Å²) < 4.78 is 5.40. The Hall–Kier alpha value is -0.480. The van der Waals surface area contributed by atoms with E-state index in [0.717, 1.165) is 12.2 Å². The zero-order valence-corrected chi connectivity index (χ0v) is 10.3. The van der Waals surface area contributed by atoms with Crippen molar-refractivity contribution in [3.8, 4) is 0 Å². The lowest BCUT2D eigenvalue weighted by molar-refractivity contribution is 0.0963. The number of anilines is 1. The quantitative estimate of drug-likeness (QED) is 0.886. The lowest BCUT2D eigenvalue weighted by atomic mass is 10.2. The number of hydrogen-bond donors (Lipinski definition) is 1. The molecule has 1 fully saturated rings. The molecule has 0 aliphatic carbocycles. The number of morpholine rings is 1. The van der Waals surface area contributed by atoms with Gasteiger partial charge in [0.1, 0.15) is 0 Å². The van der Waals surface area contributed by atoms with Gasteiger partial charge in [-0.15, -0.1) is 0 Å². The average molecular weight is 261 g/mol. The molecule has 1 aromatic rings. The summed E-state index contributed by atoms with van der Waals surface area (Å²) in [7, 11) is 0. The highest BCUT2D eigenvalue weighted by atomic mass is 35.5. The highest BCUT2D eigenvalue weighted by Gasteiger charge is 2.24. The van der Waals surface area contributed by atoms with Gasteiger partial charge in [-0.25, -0.2) is 0 Å². The molecule has 2 N–H and O–H groups in total. The second-order valence-electron chi connectivity index (χ2n) is 3.73. The smallest absolute Gasteiger partial charge is 0.0825 e. The molecule has 1 aliphatic rings. The molecular weight excluding hydrogens is 247 g/mol. The van der Waals surface area contributed by atoms with Crippen LogP contribution in [-0.2, 0) is 4.74 Å². The van der Waals surface area contributed by atoms with Crippen LogP contribution >= 0.6 is 23.2 Å². The molecular formula is C11H14Cl2N2O. The maximum Gasteiger partial charge on any atom is 0.0825 e.